The quantitative estimate of drug-likeness (QED) is 0.700. The number of benzene rings is 1. The van der Waals surface area contributed by atoms with Crippen molar-refractivity contribution in [1.29, 1.82) is 5.26 Å². The van der Waals surface area contributed by atoms with Crippen molar-refractivity contribution in [1.82, 2.24) is 14.6 Å². The fourth-order valence-corrected chi connectivity index (χ4v) is 3.81. The Labute approximate surface area is 157 Å². The lowest BCUT2D eigenvalue weighted by molar-refractivity contribution is -0.113. The lowest BCUT2D eigenvalue weighted by atomic mass is 10.2. The Kier molecular flexibility index (Phi) is 5.65. The molecular formula is C17H15N5O2S2. The van der Waals surface area contributed by atoms with E-state index in [2.05, 4.69) is 15.4 Å². The van der Waals surface area contributed by atoms with E-state index in [1.165, 1.54) is 33.7 Å². The smallest absolute Gasteiger partial charge is 0.275 e. The van der Waals surface area contributed by atoms with Gasteiger partial charge in [0.25, 0.3) is 5.56 Å². The Balaban J connectivity index is 1.61. The summed E-state index contributed by atoms with van der Waals surface area (Å²) in [5.74, 6) is 0.434. The van der Waals surface area contributed by atoms with Crippen LogP contribution in [-0.4, -0.2) is 26.3 Å². The van der Waals surface area contributed by atoms with Crippen molar-refractivity contribution in [2.45, 2.75) is 19.1 Å². The molecule has 0 bridgehead atoms. The van der Waals surface area contributed by atoms with Gasteiger partial charge in [-0.25, -0.2) is 4.98 Å². The molecule has 0 atom stereocenters. The van der Waals surface area contributed by atoms with E-state index in [1.54, 1.807) is 24.3 Å². The summed E-state index contributed by atoms with van der Waals surface area (Å²) in [6.07, 6.45) is 0.752. The lowest BCUT2D eigenvalue weighted by Crippen LogP contribution is -2.16. The van der Waals surface area contributed by atoms with Crippen LogP contribution in [-0.2, 0) is 17.0 Å². The van der Waals surface area contributed by atoms with Crippen molar-refractivity contribution in [3.8, 4) is 6.07 Å². The number of nitriles is 1. The van der Waals surface area contributed by atoms with Crippen LogP contribution in [0.4, 0.5) is 5.69 Å². The maximum atomic E-state index is 12.1. The number of thioether (sulfide) groups is 1. The predicted octanol–water partition coefficient (Wildman–Crippen LogP) is 2.46. The largest absolute Gasteiger partial charge is 0.324 e. The molecule has 3 aromatic rings. The second-order valence-corrected chi connectivity index (χ2v) is 7.35. The topological polar surface area (TPSA) is 100 Å². The van der Waals surface area contributed by atoms with E-state index in [0.29, 0.717) is 27.7 Å². The summed E-state index contributed by atoms with van der Waals surface area (Å²) in [5, 5.41) is 16.8. The third-order valence-corrected chi connectivity index (χ3v) is 5.47. The number of fused-ring (bicyclic) bond motifs is 1. The minimum Gasteiger partial charge on any atom is -0.324 e. The van der Waals surface area contributed by atoms with Crippen molar-refractivity contribution < 1.29 is 4.79 Å². The highest BCUT2D eigenvalue weighted by atomic mass is 32.2. The van der Waals surface area contributed by atoms with Gasteiger partial charge in [0, 0.05) is 11.8 Å². The van der Waals surface area contributed by atoms with Crippen LogP contribution in [0.2, 0.25) is 0 Å². The van der Waals surface area contributed by atoms with Crippen LogP contribution >= 0.6 is 23.1 Å². The molecular weight excluding hydrogens is 370 g/mol. The number of para-hydroxylation sites is 1. The molecule has 2 aromatic heterocycles. The molecule has 132 valence electrons. The van der Waals surface area contributed by atoms with Gasteiger partial charge in [-0.15, -0.1) is 11.8 Å². The average Bonchev–Trinajstić information content (AvgIpc) is 3.06. The molecule has 1 N–H and O–H groups in total. The summed E-state index contributed by atoms with van der Waals surface area (Å²) in [6, 6.07) is 10.3. The molecule has 0 fully saturated rings. The van der Waals surface area contributed by atoms with Gasteiger partial charge in [-0.3, -0.25) is 9.59 Å². The molecule has 1 aromatic carbocycles. The molecule has 0 saturated carbocycles. The minimum absolute atomic E-state index is 0.198. The Hall–Kier alpha value is -2.70. The number of amides is 1. The molecule has 0 aliphatic heterocycles. The van der Waals surface area contributed by atoms with Crippen LogP contribution in [0.3, 0.4) is 0 Å². The minimum atomic E-state index is -0.214. The van der Waals surface area contributed by atoms with Crippen LogP contribution in [0.5, 0.6) is 0 Å². The normalized spacial score (nSPS) is 10.6. The second kappa shape index (κ2) is 8.12. The van der Waals surface area contributed by atoms with E-state index in [4.69, 9.17) is 5.26 Å². The van der Waals surface area contributed by atoms with Crippen molar-refractivity contribution >= 4 is 39.7 Å². The average molecular weight is 385 g/mol. The highest BCUT2D eigenvalue weighted by Gasteiger charge is 2.10. The molecule has 9 heteroatoms. The van der Waals surface area contributed by atoms with E-state index in [-0.39, 0.29) is 17.2 Å². The van der Waals surface area contributed by atoms with Gasteiger partial charge in [-0.05, 0) is 18.6 Å². The first-order valence-corrected chi connectivity index (χ1v) is 9.83. The number of hydrogen-bond donors (Lipinski definition) is 1. The number of anilines is 1. The van der Waals surface area contributed by atoms with Gasteiger partial charge in [0.05, 0.1) is 22.7 Å². The fourth-order valence-electron chi connectivity index (χ4n) is 2.24. The standard InChI is InChI=1S/C17H15N5O2S2/c1-2-15-21-22-16(24)7-12(19-17(22)26-15)9-25-10-14(23)20-13-6-4-3-5-11(13)8-18/h3-7H,2,9-10H2,1H3,(H,20,23). The van der Waals surface area contributed by atoms with E-state index in [9.17, 15) is 9.59 Å². The number of carbonyl (C=O) groups excluding carboxylic acids is 1. The van der Waals surface area contributed by atoms with Gasteiger partial charge in [0.1, 0.15) is 11.1 Å². The summed E-state index contributed by atoms with van der Waals surface area (Å²) in [4.78, 5) is 29.1. The van der Waals surface area contributed by atoms with Crippen molar-refractivity contribution in [2.24, 2.45) is 0 Å². The van der Waals surface area contributed by atoms with Gasteiger partial charge in [0.2, 0.25) is 10.9 Å². The van der Waals surface area contributed by atoms with Crippen molar-refractivity contribution in [3.63, 3.8) is 0 Å². The summed E-state index contributed by atoms with van der Waals surface area (Å²) in [7, 11) is 0. The number of hydrogen-bond acceptors (Lipinski definition) is 7. The van der Waals surface area contributed by atoms with Crippen LogP contribution in [0.15, 0.2) is 35.1 Å². The van der Waals surface area contributed by atoms with Crippen LogP contribution in [0, 0.1) is 11.3 Å². The van der Waals surface area contributed by atoms with Gasteiger partial charge >= 0.3 is 0 Å². The molecule has 0 aliphatic carbocycles. The molecule has 1 amide bonds. The zero-order chi connectivity index (χ0) is 18.5. The molecule has 2 heterocycles. The number of aromatic nitrogens is 3. The molecule has 3 rings (SSSR count). The Morgan fingerprint density at radius 3 is 3.00 bits per heavy atom. The summed E-state index contributed by atoms with van der Waals surface area (Å²) in [6.45, 7) is 1.97. The molecule has 0 unspecified atom stereocenters. The van der Waals surface area contributed by atoms with Crippen molar-refractivity contribution in [3.05, 3.63) is 57.0 Å². The van der Waals surface area contributed by atoms with E-state index in [0.717, 1.165) is 11.4 Å². The van der Waals surface area contributed by atoms with Crippen LogP contribution < -0.4 is 10.9 Å². The first-order chi connectivity index (χ1) is 12.6. The number of carbonyl (C=O) groups is 1. The van der Waals surface area contributed by atoms with E-state index < -0.39 is 0 Å². The Morgan fingerprint density at radius 1 is 1.42 bits per heavy atom. The van der Waals surface area contributed by atoms with Crippen molar-refractivity contribution in [2.75, 3.05) is 11.1 Å². The van der Waals surface area contributed by atoms with Gasteiger partial charge in [0.15, 0.2) is 0 Å². The maximum absolute atomic E-state index is 12.1. The molecule has 7 nitrogen and oxygen atoms in total. The highest BCUT2D eigenvalue weighted by molar-refractivity contribution is 7.99. The lowest BCUT2D eigenvalue weighted by Gasteiger charge is -2.06. The summed E-state index contributed by atoms with van der Waals surface area (Å²) in [5.41, 5.74) is 1.32. The molecule has 0 radical (unpaired) electrons. The molecule has 0 saturated heterocycles. The maximum Gasteiger partial charge on any atom is 0.275 e. The predicted molar refractivity (Wildman–Crippen MR) is 102 cm³/mol. The monoisotopic (exact) mass is 385 g/mol. The number of nitrogens with zero attached hydrogens (tertiary/aromatic N) is 4. The number of aryl methyl sites for hydroxylation is 1. The summed E-state index contributed by atoms with van der Waals surface area (Å²) >= 11 is 2.75. The van der Waals surface area contributed by atoms with E-state index >= 15 is 0 Å². The third-order valence-electron chi connectivity index (χ3n) is 3.45. The number of nitrogens with one attached hydrogen (secondary N) is 1. The highest BCUT2D eigenvalue weighted by Crippen LogP contribution is 2.16. The first kappa shape index (κ1) is 18.1. The zero-order valence-electron chi connectivity index (χ0n) is 13.9. The van der Waals surface area contributed by atoms with Gasteiger partial charge in [-0.2, -0.15) is 14.9 Å². The summed E-state index contributed by atoms with van der Waals surface area (Å²) < 4.78 is 1.31. The zero-order valence-corrected chi connectivity index (χ0v) is 15.6. The van der Waals surface area contributed by atoms with E-state index in [1.807, 2.05) is 13.0 Å². The first-order valence-electron chi connectivity index (χ1n) is 7.86. The van der Waals surface area contributed by atoms with Crippen LogP contribution in [0.25, 0.3) is 4.96 Å². The fraction of sp³-hybridized carbons (Fsp3) is 0.235. The molecule has 26 heavy (non-hydrogen) atoms. The SMILES string of the molecule is CCc1nn2c(=O)cc(CSCC(=O)Nc3ccccc3C#N)nc2s1. The molecule has 0 spiro atoms. The van der Waals surface area contributed by atoms with Crippen LogP contribution in [0.1, 0.15) is 23.2 Å². The third kappa shape index (κ3) is 4.09. The van der Waals surface area contributed by atoms with Gasteiger partial charge in [-0.1, -0.05) is 30.4 Å². The number of rotatable bonds is 6. The second-order valence-electron chi connectivity index (χ2n) is 5.33. The Bertz CT molecular complexity index is 1050. The molecule has 0 aliphatic rings. The Morgan fingerprint density at radius 2 is 2.23 bits per heavy atom. The van der Waals surface area contributed by atoms with Gasteiger partial charge < -0.3 is 5.32 Å².